The summed E-state index contributed by atoms with van der Waals surface area (Å²) in [5, 5.41) is 13.7. The van der Waals surface area contributed by atoms with Crippen molar-refractivity contribution in [2.75, 3.05) is 39.1 Å². The van der Waals surface area contributed by atoms with Crippen LogP contribution < -0.4 is 21.3 Å². The maximum absolute atomic E-state index is 11.8. The molecule has 1 unspecified atom stereocenters. The molecule has 1 aromatic rings. The zero-order chi connectivity index (χ0) is 31.8. The largest absolute Gasteiger partial charge is 3.00 e. The molecule has 0 saturated heterocycles. The van der Waals surface area contributed by atoms with E-state index in [0.29, 0.717) is 30.3 Å². The Labute approximate surface area is 303 Å². The quantitative estimate of drug-likeness (QED) is 0.0267. The number of nitrogens with zero attached hydrogens (tertiary/aromatic N) is 1. The van der Waals surface area contributed by atoms with E-state index in [2.05, 4.69) is 31.1 Å². The standard InChI is InChI=1S/C25H31N2O2.C8H17N2.C2H7N.CH3.Ce/c1-5-8-11-22(18-28)24-16-20(15-21(17-26)10-7-3)13-14-25(24)27(4)23(19-29)12-9-6-2;1-8(3-4-8)7-10-6-2-5-9;1-3-2;;/h5-6,8,10-11,13-14,16-19,23,26H,2-3,7,9,12,15H2,1,4H3;5,10H,2-4,6-7,9H2,1H3;3H,1-2H3;1H3;/q2*-1;;-1;+3/b8-5-,21-10-,22-11-,26-17?;;;;. The van der Waals surface area contributed by atoms with Crippen molar-refractivity contribution in [3.63, 3.8) is 0 Å². The minimum absolute atomic E-state index is 0. The molecule has 1 aliphatic rings. The van der Waals surface area contributed by atoms with Gasteiger partial charge in [-0.3, -0.25) is 11.3 Å². The van der Waals surface area contributed by atoms with Gasteiger partial charge in [0.05, 0.1) is 6.04 Å². The molecule has 5 N–H and O–H groups in total. The van der Waals surface area contributed by atoms with Crippen molar-refractivity contribution < 1.29 is 51.3 Å². The zero-order valence-electron chi connectivity index (χ0n) is 28.1. The minimum Gasteiger partial charge on any atom is -0.483 e. The molecule has 1 aromatic carbocycles. The molecule has 0 bridgehead atoms. The van der Waals surface area contributed by atoms with E-state index in [1.54, 1.807) is 18.7 Å². The van der Waals surface area contributed by atoms with Gasteiger partial charge in [-0.05, 0) is 88.4 Å². The molecular formula is C36H58CeN5O2. The Morgan fingerprint density at radius 3 is 2.43 bits per heavy atom. The van der Waals surface area contributed by atoms with Gasteiger partial charge in [0.15, 0.2) is 6.29 Å². The van der Waals surface area contributed by atoms with Gasteiger partial charge >= 0.3 is 41.7 Å². The second-order valence-electron chi connectivity index (χ2n) is 10.7. The Kier molecular flexibility index (Phi) is 30.4. The number of nitrogens with one attached hydrogen (secondary N) is 3. The van der Waals surface area contributed by atoms with Crippen LogP contribution in [0.2, 0.25) is 0 Å². The Morgan fingerprint density at radius 1 is 1.30 bits per heavy atom. The molecule has 0 spiro atoms. The smallest absolute Gasteiger partial charge is 0.483 e. The number of hydrogen-bond donors (Lipinski definition) is 4. The van der Waals surface area contributed by atoms with Gasteiger partial charge < -0.3 is 45.8 Å². The van der Waals surface area contributed by atoms with E-state index >= 15 is 0 Å². The number of likely N-dealkylation sites (N-methyl/N-ethyl adjacent to an activating group) is 1. The van der Waals surface area contributed by atoms with Crippen LogP contribution in [0, 0.1) is 73.5 Å². The van der Waals surface area contributed by atoms with Crippen LogP contribution in [0.4, 0.5) is 5.69 Å². The third-order valence-corrected chi connectivity index (χ3v) is 6.81. The normalized spacial score (nSPS) is 13.9. The predicted octanol–water partition coefficient (Wildman–Crippen LogP) is 6.33. The number of carbonyl (C=O) groups is 2. The topological polar surface area (TPSA) is 111 Å². The Hall–Kier alpha value is -1.75. The third-order valence-electron chi connectivity index (χ3n) is 6.81. The van der Waals surface area contributed by atoms with E-state index in [9.17, 15) is 9.59 Å². The number of aldehydes is 2. The first-order valence-corrected chi connectivity index (χ1v) is 14.8. The van der Waals surface area contributed by atoms with Crippen LogP contribution in [-0.2, 0) is 16.0 Å². The number of nitrogens with two attached hydrogens (primary N) is 1. The molecule has 243 valence electrons. The molecule has 8 heteroatoms. The zero-order valence-corrected chi connectivity index (χ0v) is 31.3. The third kappa shape index (κ3) is 19.6. The summed E-state index contributed by atoms with van der Waals surface area (Å²) >= 11 is 0. The van der Waals surface area contributed by atoms with Crippen molar-refractivity contribution in [2.45, 2.75) is 64.8 Å². The van der Waals surface area contributed by atoms with Crippen molar-refractivity contribution in [2.24, 2.45) is 11.1 Å². The molecule has 1 aliphatic carbocycles. The molecular weight excluding hydrogens is 675 g/mol. The van der Waals surface area contributed by atoms with Gasteiger partial charge in [-0.2, -0.15) is 12.8 Å². The van der Waals surface area contributed by atoms with Gasteiger partial charge in [-0.1, -0.05) is 37.3 Å². The van der Waals surface area contributed by atoms with E-state index in [1.807, 2.05) is 69.4 Å². The molecule has 2 rings (SSSR count). The average Bonchev–Trinajstić information content (AvgIpc) is 3.73. The summed E-state index contributed by atoms with van der Waals surface area (Å²) < 4.78 is 0. The fourth-order valence-electron chi connectivity index (χ4n) is 4.01. The summed E-state index contributed by atoms with van der Waals surface area (Å²) in [6.45, 7) is 15.7. The number of hydrogen-bond acceptors (Lipinski definition) is 7. The molecule has 1 saturated carbocycles. The predicted molar refractivity (Wildman–Crippen MR) is 188 cm³/mol. The summed E-state index contributed by atoms with van der Waals surface area (Å²) in [6, 6.07) is 5.57. The first kappa shape index (κ1) is 46.7. The number of rotatable bonds is 18. The van der Waals surface area contributed by atoms with E-state index in [-0.39, 0.29) is 55.2 Å². The summed E-state index contributed by atoms with van der Waals surface area (Å²) in [5.41, 5.74) is 9.84. The summed E-state index contributed by atoms with van der Waals surface area (Å²) in [4.78, 5) is 25.4. The van der Waals surface area contributed by atoms with Crippen LogP contribution in [-0.4, -0.2) is 59.1 Å². The van der Waals surface area contributed by atoms with Crippen molar-refractivity contribution in [1.29, 1.82) is 5.41 Å². The molecule has 0 aromatic heterocycles. The van der Waals surface area contributed by atoms with Gasteiger partial charge in [0.25, 0.3) is 0 Å². The maximum atomic E-state index is 11.8. The number of anilines is 1. The van der Waals surface area contributed by atoms with Gasteiger partial charge in [-0.15, -0.1) is 12.7 Å². The SMILES string of the molecule is C=CCCC(C=O)N(C)c1ccc(C/C(C=N)=C/C[CH2-])cc1/C(C=O)=C\C=C/C.CC1(CNCC[CH-]N)CC1.CNC.[CH3-].[Ce+3]. The van der Waals surface area contributed by atoms with E-state index in [1.165, 1.54) is 25.6 Å². The molecule has 44 heavy (non-hydrogen) atoms. The molecule has 7 nitrogen and oxygen atoms in total. The Morgan fingerprint density at radius 2 is 1.95 bits per heavy atom. The van der Waals surface area contributed by atoms with Crippen molar-refractivity contribution in [1.82, 2.24) is 10.6 Å². The van der Waals surface area contributed by atoms with Crippen LogP contribution in [0.25, 0.3) is 5.57 Å². The van der Waals surface area contributed by atoms with Crippen LogP contribution in [0.3, 0.4) is 0 Å². The molecule has 0 aliphatic heterocycles. The van der Waals surface area contributed by atoms with Gasteiger partial charge in [0.1, 0.15) is 6.29 Å². The molecule has 0 amide bonds. The van der Waals surface area contributed by atoms with Crippen molar-refractivity contribution in [3.05, 3.63) is 92.8 Å². The van der Waals surface area contributed by atoms with E-state index < -0.39 is 0 Å². The van der Waals surface area contributed by atoms with Crippen molar-refractivity contribution >= 4 is 30.0 Å². The maximum Gasteiger partial charge on any atom is 3.00 e. The minimum atomic E-state index is -0.310. The molecule has 1 radical (unpaired) electrons. The summed E-state index contributed by atoms with van der Waals surface area (Å²) in [7, 11) is 5.62. The molecule has 1 atom stereocenters. The fourth-order valence-corrected chi connectivity index (χ4v) is 4.01. The van der Waals surface area contributed by atoms with Crippen molar-refractivity contribution in [3.8, 4) is 0 Å². The van der Waals surface area contributed by atoms with Gasteiger partial charge in [-0.25, -0.2) is 0 Å². The molecule has 0 heterocycles. The van der Waals surface area contributed by atoms with Gasteiger partial charge in [0.2, 0.25) is 0 Å². The van der Waals surface area contributed by atoms with E-state index in [0.717, 1.165) is 54.3 Å². The summed E-state index contributed by atoms with van der Waals surface area (Å²) in [6.07, 6.45) is 18.6. The van der Waals surface area contributed by atoms with Crippen LogP contribution >= 0.6 is 0 Å². The Bertz CT molecular complexity index is 1030. The summed E-state index contributed by atoms with van der Waals surface area (Å²) in [5.74, 6) is 0. The average molecular weight is 733 g/mol. The Balaban J connectivity index is -0.000000933. The molecule has 1 fully saturated rings. The van der Waals surface area contributed by atoms with E-state index in [4.69, 9.17) is 11.1 Å². The fraction of sp³-hybridized carbons (Fsp3) is 0.444. The van der Waals surface area contributed by atoms with Crippen LogP contribution in [0.15, 0.2) is 60.7 Å². The second kappa shape index (κ2) is 28.7. The second-order valence-corrected chi connectivity index (χ2v) is 10.7. The van der Waals surface area contributed by atoms with Gasteiger partial charge in [0, 0.05) is 36.6 Å². The van der Waals surface area contributed by atoms with Crippen LogP contribution in [0.1, 0.15) is 63.5 Å². The number of carbonyl (C=O) groups excluding carboxylic acids is 2. The number of allylic oxidation sites excluding steroid dienone is 7. The van der Waals surface area contributed by atoms with Crippen LogP contribution in [0.5, 0.6) is 0 Å². The first-order valence-electron chi connectivity index (χ1n) is 14.8. The monoisotopic (exact) mass is 732 g/mol. The number of benzene rings is 1. The first-order chi connectivity index (χ1) is 20.2.